The van der Waals surface area contributed by atoms with E-state index >= 15 is 0 Å². The zero-order valence-corrected chi connectivity index (χ0v) is 8.31. The Morgan fingerprint density at radius 2 is 2.14 bits per heavy atom. The van der Waals surface area contributed by atoms with Gasteiger partial charge in [0.2, 0.25) is 0 Å². The van der Waals surface area contributed by atoms with E-state index in [0.29, 0.717) is 12.0 Å². The van der Waals surface area contributed by atoms with E-state index in [4.69, 9.17) is 22.4 Å². The summed E-state index contributed by atoms with van der Waals surface area (Å²) >= 11 is 5.68. The summed E-state index contributed by atoms with van der Waals surface area (Å²) in [5, 5.41) is 9.31. The second-order valence-corrected chi connectivity index (χ2v) is 4.34. The SMILES string of the molecule is NC1(Cc2cc(Cl)c(O)cc2F)CC1. The summed E-state index contributed by atoms with van der Waals surface area (Å²) in [5.41, 5.74) is 6.09. The van der Waals surface area contributed by atoms with Crippen LogP contribution in [-0.2, 0) is 6.42 Å². The standard InChI is InChI=1S/C10H11ClFNO/c11-7-3-6(5-10(13)1-2-10)8(12)4-9(7)14/h3-4,14H,1-2,5,13H2. The van der Waals surface area contributed by atoms with Gasteiger partial charge in [-0.25, -0.2) is 4.39 Å². The molecule has 1 fully saturated rings. The maximum atomic E-state index is 13.3. The fourth-order valence-electron chi connectivity index (χ4n) is 1.43. The first-order valence-corrected chi connectivity index (χ1v) is 4.84. The van der Waals surface area contributed by atoms with Crippen molar-refractivity contribution in [3.63, 3.8) is 0 Å². The topological polar surface area (TPSA) is 46.2 Å². The summed E-state index contributed by atoms with van der Waals surface area (Å²) in [5.74, 6) is -0.668. The molecule has 2 nitrogen and oxygen atoms in total. The van der Waals surface area contributed by atoms with Crippen LogP contribution in [0.3, 0.4) is 0 Å². The van der Waals surface area contributed by atoms with Gasteiger partial charge in [-0.1, -0.05) is 11.6 Å². The number of hydrogen-bond donors (Lipinski definition) is 2. The summed E-state index contributed by atoms with van der Waals surface area (Å²) < 4.78 is 13.3. The second kappa shape index (κ2) is 3.11. The fourth-order valence-corrected chi connectivity index (χ4v) is 1.62. The van der Waals surface area contributed by atoms with Gasteiger partial charge >= 0.3 is 0 Å². The normalized spacial score (nSPS) is 18.2. The van der Waals surface area contributed by atoms with Gasteiger partial charge in [0.1, 0.15) is 11.6 Å². The summed E-state index contributed by atoms with van der Waals surface area (Å²) in [4.78, 5) is 0. The Kier molecular flexibility index (Phi) is 2.16. The van der Waals surface area contributed by atoms with Crippen molar-refractivity contribution in [3.8, 4) is 5.75 Å². The maximum absolute atomic E-state index is 13.3. The minimum Gasteiger partial charge on any atom is -0.506 e. The quantitative estimate of drug-likeness (QED) is 0.795. The summed E-state index contributed by atoms with van der Waals surface area (Å²) in [6, 6.07) is 2.47. The van der Waals surface area contributed by atoms with E-state index < -0.39 is 5.82 Å². The van der Waals surface area contributed by atoms with Crippen LogP contribution >= 0.6 is 11.6 Å². The number of phenols is 1. The monoisotopic (exact) mass is 215 g/mol. The van der Waals surface area contributed by atoms with Gasteiger partial charge in [-0.15, -0.1) is 0 Å². The van der Waals surface area contributed by atoms with Gasteiger partial charge in [0.25, 0.3) is 0 Å². The van der Waals surface area contributed by atoms with E-state index in [1.807, 2.05) is 0 Å². The zero-order chi connectivity index (χ0) is 10.3. The van der Waals surface area contributed by atoms with Crippen molar-refractivity contribution in [1.82, 2.24) is 0 Å². The third kappa shape index (κ3) is 1.83. The van der Waals surface area contributed by atoms with E-state index in [2.05, 4.69) is 0 Å². The molecule has 14 heavy (non-hydrogen) atoms. The van der Waals surface area contributed by atoms with Gasteiger partial charge in [0.05, 0.1) is 5.02 Å². The Balaban J connectivity index is 2.29. The lowest BCUT2D eigenvalue weighted by molar-refractivity contribution is 0.467. The molecule has 2 rings (SSSR count). The predicted octanol–water partition coefficient (Wildman–Crippen LogP) is 2.22. The summed E-state index contributed by atoms with van der Waals surface area (Å²) in [6.45, 7) is 0. The lowest BCUT2D eigenvalue weighted by Gasteiger charge is -2.10. The molecule has 0 amide bonds. The molecule has 0 saturated heterocycles. The third-order valence-corrected chi connectivity index (χ3v) is 2.85. The van der Waals surface area contributed by atoms with Crippen LogP contribution in [0.25, 0.3) is 0 Å². The lowest BCUT2D eigenvalue weighted by Crippen LogP contribution is -2.25. The molecule has 0 spiro atoms. The molecule has 1 aromatic carbocycles. The highest BCUT2D eigenvalue weighted by Gasteiger charge is 2.38. The first-order chi connectivity index (χ1) is 6.50. The zero-order valence-electron chi connectivity index (χ0n) is 7.56. The van der Waals surface area contributed by atoms with Gasteiger partial charge in [0.15, 0.2) is 0 Å². The van der Waals surface area contributed by atoms with Gasteiger partial charge < -0.3 is 10.8 Å². The molecule has 76 valence electrons. The number of hydrogen-bond acceptors (Lipinski definition) is 2. The highest BCUT2D eigenvalue weighted by Crippen LogP contribution is 2.37. The minimum absolute atomic E-state index is 0.172. The Morgan fingerprint density at radius 3 is 2.71 bits per heavy atom. The molecule has 1 aliphatic carbocycles. The molecule has 0 radical (unpaired) electrons. The molecular weight excluding hydrogens is 205 g/mol. The first-order valence-electron chi connectivity index (χ1n) is 4.46. The average molecular weight is 216 g/mol. The second-order valence-electron chi connectivity index (χ2n) is 3.93. The molecule has 4 heteroatoms. The number of halogens is 2. The molecule has 0 aliphatic heterocycles. The van der Waals surface area contributed by atoms with Gasteiger partial charge in [-0.3, -0.25) is 0 Å². The van der Waals surface area contributed by atoms with Crippen LogP contribution in [0.5, 0.6) is 5.75 Å². The summed E-state index contributed by atoms with van der Waals surface area (Å²) in [7, 11) is 0. The summed E-state index contributed by atoms with van der Waals surface area (Å²) in [6.07, 6.45) is 2.33. The van der Waals surface area contributed by atoms with Gasteiger partial charge in [-0.2, -0.15) is 0 Å². The van der Waals surface area contributed by atoms with E-state index in [-0.39, 0.29) is 16.3 Å². The van der Waals surface area contributed by atoms with E-state index in [9.17, 15) is 4.39 Å². The molecule has 1 aromatic rings. The number of benzene rings is 1. The van der Waals surface area contributed by atoms with Crippen molar-refractivity contribution >= 4 is 11.6 Å². The highest BCUT2D eigenvalue weighted by atomic mass is 35.5. The largest absolute Gasteiger partial charge is 0.506 e. The predicted molar refractivity (Wildman–Crippen MR) is 52.9 cm³/mol. The van der Waals surface area contributed by atoms with E-state index in [0.717, 1.165) is 18.9 Å². The molecule has 0 heterocycles. The molecule has 1 saturated carbocycles. The molecule has 1 aliphatic rings. The van der Waals surface area contributed by atoms with Crippen molar-refractivity contribution in [1.29, 1.82) is 0 Å². The number of nitrogens with two attached hydrogens (primary N) is 1. The minimum atomic E-state index is -0.441. The Labute approximate surface area is 86.5 Å². The highest BCUT2D eigenvalue weighted by molar-refractivity contribution is 6.32. The fraction of sp³-hybridized carbons (Fsp3) is 0.400. The number of rotatable bonds is 2. The first kappa shape index (κ1) is 9.74. The third-order valence-electron chi connectivity index (χ3n) is 2.55. The Bertz CT molecular complexity index is 377. The molecule has 0 unspecified atom stereocenters. The van der Waals surface area contributed by atoms with Crippen molar-refractivity contribution in [2.75, 3.05) is 0 Å². The van der Waals surface area contributed by atoms with Crippen molar-refractivity contribution in [2.45, 2.75) is 24.8 Å². The van der Waals surface area contributed by atoms with Gasteiger partial charge in [0, 0.05) is 11.6 Å². The van der Waals surface area contributed by atoms with Crippen molar-refractivity contribution in [3.05, 3.63) is 28.5 Å². The number of aromatic hydroxyl groups is 1. The van der Waals surface area contributed by atoms with Crippen LogP contribution in [0.2, 0.25) is 5.02 Å². The van der Waals surface area contributed by atoms with Crippen LogP contribution in [0.4, 0.5) is 4.39 Å². The van der Waals surface area contributed by atoms with Crippen molar-refractivity contribution < 1.29 is 9.50 Å². The van der Waals surface area contributed by atoms with Crippen LogP contribution in [0.1, 0.15) is 18.4 Å². The molecule has 0 atom stereocenters. The molecule has 3 N–H and O–H groups in total. The Morgan fingerprint density at radius 1 is 1.50 bits per heavy atom. The van der Waals surface area contributed by atoms with E-state index in [1.54, 1.807) is 0 Å². The van der Waals surface area contributed by atoms with Crippen LogP contribution in [-0.4, -0.2) is 10.6 Å². The number of phenolic OH excluding ortho intramolecular Hbond substituents is 1. The van der Waals surface area contributed by atoms with Crippen LogP contribution < -0.4 is 5.73 Å². The maximum Gasteiger partial charge on any atom is 0.137 e. The Hall–Kier alpha value is -0.800. The molecule has 0 bridgehead atoms. The molecule has 0 aromatic heterocycles. The molecular formula is C10H11ClFNO. The van der Waals surface area contributed by atoms with E-state index in [1.165, 1.54) is 6.07 Å². The smallest absolute Gasteiger partial charge is 0.137 e. The van der Waals surface area contributed by atoms with Gasteiger partial charge in [-0.05, 0) is 30.9 Å². The van der Waals surface area contributed by atoms with Crippen molar-refractivity contribution in [2.24, 2.45) is 5.73 Å². The lowest BCUT2D eigenvalue weighted by atomic mass is 10.0. The van der Waals surface area contributed by atoms with Crippen LogP contribution in [0, 0.1) is 5.82 Å². The van der Waals surface area contributed by atoms with Crippen LogP contribution in [0.15, 0.2) is 12.1 Å². The average Bonchev–Trinajstić information content (AvgIpc) is 2.80.